The Hall–Kier alpha value is -1.94. The summed E-state index contributed by atoms with van der Waals surface area (Å²) in [4.78, 5) is 17.1. The molecular weight excluding hydrogens is 398 g/mol. The van der Waals surface area contributed by atoms with Crippen LogP contribution in [0.2, 0.25) is 0 Å². The third-order valence-electron chi connectivity index (χ3n) is 4.35. The molecule has 2 heterocycles. The van der Waals surface area contributed by atoms with Gasteiger partial charge in [0.2, 0.25) is 10.0 Å². The van der Waals surface area contributed by atoms with Crippen LogP contribution in [0.15, 0.2) is 46.5 Å². The van der Waals surface area contributed by atoms with Crippen LogP contribution in [0, 0.1) is 6.92 Å². The van der Waals surface area contributed by atoms with Gasteiger partial charge in [-0.2, -0.15) is 4.31 Å². The van der Waals surface area contributed by atoms with E-state index in [9.17, 15) is 13.2 Å². The van der Waals surface area contributed by atoms with E-state index in [2.05, 4.69) is 10.3 Å². The first kappa shape index (κ1) is 20.8. The second-order valence-corrected chi connectivity index (χ2v) is 9.49. The molecule has 0 aliphatic carbocycles. The molecule has 7 nitrogen and oxygen atoms in total. The first-order valence-electron chi connectivity index (χ1n) is 9.00. The Morgan fingerprint density at radius 1 is 1.25 bits per heavy atom. The van der Waals surface area contributed by atoms with Gasteiger partial charge in [0.25, 0.3) is 5.91 Å². The molecule has 1 aromatic carbocycles. The highest BCUT2D eigenvalue weighted by molar-refractivity contribution is 7.99. The fourth-order valence-electron chi connectivity index (χ4n) is 2.83. The van der Waals surface area contributed by atoms with Gasteiger partial charge in [0.1, 0.15) is 0 Å². The number of hydrogen-bond donors (Lipinski definition) is 1. The fraction of sp³-hybridized carbons (Fsp3) is 0.368. The number of aryl methyl sites for hydroxylation is 1. The molecule has 0 atom stereocenters. The van der Waals surface area contributed by atoms with Crippen LogP contribution >= 0.6 is 11.8 Å². The number of benzene rings is 1. The van der Waals surface area contributed by atoms with Crippen molar-refractivity contribution in [3.05, 3.63) is 47.7 Å². The van der Waals surface area contributed by atoms with Gasteiger partial charge in [-0.25, -0.2) is 13.4 Å². The monoisotopic (exact) mass is 421 g/mol. The van der Waals surface area contributed by atoms with Crippen LogP contribution in [-0.4, -0.2) is 55.7 Å². The van der Waals surface area contributed by atoms with Crippen LogP contribution in [0.4, 0.5) is 5.69 Å². The number of sulfonamides is 1. The van der Waals surface area contributed by atoms with Gasteiger partial charge < -0.3 is 10.1 Å². The van der Waals surface area contributed by atoms with Crippen molar-refractivity contribution in [2.75, 3.05) is 37.4 Å². The molecule has 1 fully saturated rings. The van der Waals surface area contributed by atoms with E-state index in [-0.39, 0.29) is 10.8 Å². The molecule has 3 rings (SSSR count). The molecule has 1 amide bonds. The molecule has 0 radical (unpaired) electrons. The summed E-state index contributed by atoms with van der Waals surface area (Å²) in [6.07, 6.45) is 1.60. The smallest absolute Gasteiger partial charge is 0.256 e. The molecule has 1 aliphatic rings. The Labute approximate surface area is 169 Å². The third-order valence-corrected chi connectivity index (χ3v) is 7.07. The van der Waals surface area contributed by atoms with Crippen LogP contribution < -0.4 is 5.32 Å². The van der Waals surface area contributed by atoms with Crippen LogP contribution in [-0.2, 0) is 14.8 Å². The number of anilines is 1. The number of ether oxygens (including phenoxy) is 1. The fourth-order valence-corrected chi connectivity index (χ4v) is 4.85. The summed E-state index contributed by atoms with van der Waals surface area (Å²) >= 11 is 1.62. The Balaban J connectivity index is 1.81. The molecule has 0 unspecified atom stereocenters. The molecule has 0 spiro atoms. The number of amides is 1. The van der Waals surface area contributed by atoms with E-state index in [0.29, 0.717) is 43.1 Å². The largest absolute Gasteiger partial charge is 0.379 e. The minimum Gasteiger partial charge on any atom is -0.379 e. The molecule has 9 heteroatoms. The summed E-state index contributed by atoms with van der Waals surface area (Å²) in [6, 6.07) is 8.25. The second kappa shape index (κ2) is 9.04. The van der Waals surface area contributed by atoms with Crippen molar-refractivity contribution < 1.29 is 17.9 Å². The summed E-state index contributed by atoms with van der Waals surface area (Å²) < 4.78 is 32.3. The number of carbonyl (C=O) groups is 1. The summed E-state index contributed by atoms with van der Waals surface area (Å²) in [5.41, 5.74) is 1.58. The lowest BCUT2D eigenvalue weighted by Gasteiger charge is -2.26. The lowest BCUT2D eigenvalue weighted by molar-refractivity contribution is 0.0730. The highest BCUT2D eigenvalue weighted by atomic mass is 32.2. The summed E-state index contributed by atoms with van der Waals surface area (Å²) in [5.74, 6) is 0.552. The standard InChI is InChI=1S/C19H23N3O4S2/c1-3-27-18-7-5-15(13-20-18)21-19(23)17-12-16(6-4-14(17)2)28(24,25)22-8-10-26-11-9-22/h4-7,12-13H,3,8-11H2,1-2H3,(H,21,23). The Morgan fingerprint density at radius 2 is 2.00 bits per heavy atom. The molecule has 1 saturated heterocycles. The number of nitrogens with zero attached hydrogens (tertiary/aromatic N) is 2. The number of thioether (sulfide) groups is 1. The van der Waals surface area contributed by atoms with Crippen LogP contribution in [0.5, 0.6) is 0 Å². The summed E-state index contributed by atoms with van der Waals surface area (Å²) in [7, 11) is -3.66. The van der Waals surface area contributed by atoms with Gasteiger partial charge in [0.05, 0.1) is 35.0 Å². The van der Waals surface area contributed by atoms with Crippen molar-refractivity contribution in [2.24, 2.45) is 0 Å². The molecule has 1 aromatic heterocycles. The van der Waals surface area contributed by atoms with Crippen LogP contribution in [0.25, 0.3) is 0 Å². The van der Waals surface area contributed by atoms with Gasteiger partial charge in [-0.3, -0.25) is 4.79 Å². The number of aromatic nitrogens is 1. The van der Waals surface area contributed by atoms with Crippen molar-refractivity contribution in [1.82, 2.24) is 9.29 Å². The number of pyridine rings is 1. The molecule has 150 valence electrons. The van der Waals surface area contributed by atoms with Crippen LogP contribution in [0.1, 0.15) is 22.8 Å². The summed E-state index contributed by atoms with van der Waals surface area (Å²) in [6.45, 7) is 5.19. The highest BCUT2D eigenvalue weighted by Gasteiger charge is 2.27. The average Bonchev–Trinajstić information content (AvgIpc) is 2.70. The zero-order valence-corrected chi connectivity index (χ0v) is 17.5. The molecule has 1 aliphatic heterocycles. The Bertz CT molecular complexity index is 940. The first-order valence-corrected chi connectivity index (χ1v) is 11.4. The lowest BCUT2D eigenvalue weighted by Crippen LogP contribution is -2.40. The van der Waals surface area contributed by atoms with E-state index < -0.39 is 10.0 Å². The maximum atomic E-state index is 12.9. The predicted molar refractivity (Wildman–Crippen MR) is 109 cm³/mol. The third kappa shape index (κ3) is 4.72. The van der Waals surface area contributed by atoms with Gasteiger partial charge in [0, 0.05) is 18.7 Å². The van der Waals surface area contributed by atoms with E-state index in [4.69, 9.17) is 4.74 Å². The van der Waals surface area contributed by atoms with E-state index >= 15 is 0 Å². The molecule has 28 heavy (non-hydrogen) atoms. The van der Waals surface area contributed by atoms with Gasteiger partial charge in [-0.15, -0.1) is 11.8 Å². The van der Waals surface area contributed by atoms with Gasteiger partial charge in [-0.05, 0) is 42.5 Å². The Kier molecular flexibility index (Phi) is 6.71. The van der Waals surface area contributed by atoms with Crippen molar-refractivity contribution in [3.8, 4) is 0 Å². The maximum Gasteiger partial charge on any atom is 0.256 e. The zero-order valence-electron chi connectivity index (χ0n) is 15.8. The SMILES string of the molecule is CCSc1ccc(NC(=O)c2cc(S(=O)(=O)N3CCOCC3)ccc2C)cn1. The average molecular weight is 422 g/mol. The minimum absolute atomic E-state index is 0.109. The van der Waals surface area contributed by atoms with Gasteiger partial charge in [0.15, 0.2) is 0 Å². The molecule has 2 aromatic rings. The van der Waals surface area contributed by atoms with E-state index in [1.54, 1.807) is 37.0 Å². The molecule has 1 N–H and O–H groups in total. The predicted octanol–water partition coefficient (Wildman–Crippen LogP) is 2.78. The number of rotatable bonds is 6. The van der Waals surface area contributed by atoms with Gasteiger partial charge in [-0.1, -0.05) is 13.0 Å². The van der Waals surface area contributed by atoms with Crippen molar-refractivity contribution >= 4 is 33.4 Å². The molecule has 0 bridgehead atoms. The number of hydrogen-bond acceptors (Lipinski definition) is 6. The van der Waals surface area contributed by atoms with E-state index in [1.807, 2.05) is 13.0 Å². The number of morpholine rings is 1. The van der Waals surface area contributed by atoms with Crippen molar-refractivity contribution in [1.29, 1.82) is 0 Å². The Morgan fingerprint density at radius 3 is 2.64 bits per heavy atom. The topological polar surface area (TPSA) is 88.6 Å². The minimum atomic E-state index is -3.66. The maximum absolute atomic E-state index is 12.9. The second-order valence-electron chi connectivity index (χ2n) is 6.27. The lowest BCUT2D eigenvalue weighted by atomic mass is 10.1. The molecule has 0 saturated carbocycles. The highest BCUT2D eigenvalue weighted by Crippen LogP contribution is 2.22. The quantitative estimate of drug-likeness (QED) is 0.722. The zero-order chi connectivity index (χ0) is 20.1. The van der Waals surface area contributed by atoms with E-state index in [1.165, 1.54) is 16.4 Å². The normalized spacial score (nSPS) is 15.4. The van der Waals surface area contributed by atoms with Crippen molar-refractivity contribution in [3.63, 3.8) is 0 Å². The number of nitrogens with one attached hydrogen (secondary N) is 1. The summed E-state index contributed by atoms with van der Waals surface area (Å²) in [5, 5.41) is 3.67. The van der Waals surface area contributed by atoms with Crippen LogP contribution in [0.3, 0.4) is 0 Å². The van der Waals surface area contributed by atoms with Crippen molar-refractivity contribution in [2.45, 2.75) is 23.8 Å². The first-order chi connectivity index (χ1) is 13.4. The molecular formula is C19H23N3O4S2. The van der Waals surface area contributed by atoms with E-state index in [0.717, 1.165) is 10.8 Å². The van der Waals surface area contributed by atoms with Gasteiger partial charge >= 0.3 is 0 Å². The number of carbonyl (C=O) groups excluding carboxylic acids is 1.